The fourth-order valence-electron chi connectivity index (χ4n) is 3.57. The number of unbranched alkanes of at least 4 members (excludes halogenated alkanes) is 3. The second kappa shape index (κ2) is 13.1. The maximum absolute atomic E-state index is 12.3. The number of esters is 1. The summed E-state index contributed by atoms with van der Waals surface area (Å²) in [6, 6.07) is 0. The minimum atomic E-state index is -0.189. The van der Waals surface area contributed by atoms with E-state index in [-0.39, 0.29) is 28.8 Å². The van der Waals surface area contributed by atoms with Crippen LogP contribution in [0.3, 0.4) is 0 Å². The Bertz CT molecular complexity index is 486. The Labute approximate surface area is 163 Å². The molecule has 1 saturated carbocycles. The van der Waals surface area contributed by atoms with Crippen molar-refractivity contribution in [3.63, 3.8) is 0 Å². The molecule has 0 saturated heterocycles. The lowest BCUT2D eigenvalue weighted by Gasteiger charge is -2.20. The number of thiol groups is 1. The number of carbonyl (C=O) groups excluding carboxylic acids is 3. The predicted molar refractivity (Wildman–Crippen MR) is 107 cm³/mol. The Kier molecular flexibility index (Phi) is 11.6. The summed E-state index contributed by atoms with van der Waals surface area (Å²) < 4.78 is 4.61. The highest BCUT2D eigenvalue weighted by Crippen LogP contribution is 2.38. The fourth-order valence-corrected chi connectivity index (χ4v) is 4.10. The molecule has 4 nitrogen and oxygen atoms in total. The van der Waals surface area contributed by atoms with Gasteiger partial charge in [0.25, 0.3) is 0 Å². The summed E-state index contributed by atoms with van der Waals surface area (Å²) in [5, 5.41) is 0.0728. The van der Waals surface area contributed by atoms with Crippen LogP contribution in [0.25, 0.3) is 0 Å². The molecule has 0 heterocycles. The Morgan fingerprint density at radius 1 is 1.15 bits per heavy atom. The summed E-state index contributed by atoms with van der Waals surface area (Å²) in [4.78, 5) is 35.3. The van der Waals surface area contributed by atoms with Gasteiger partial charge in [-0.2, -0.15) is 12.6 Å². The zero-order chi connectivity index (χ0) is 19.4. The largest absolute Gasteiger partial charge is 0.469 e. The number of allylic oxidation sites excluding steroid dienone is 2. The van der Waals surface area contributed by atoms with Gasteiger partial charge in [0.2, 0.25) is 0 Å². The van der Waals surface area contributed by atoms with Gasteiger partial charge in [-0.3, -0.25) is 14.4 Å². The Morgan fingerprint density at radius 3 is 2.62 bits per heavy atom. The first-order chi connectivity index (χ1) is 12.5. The highest BCUT2D eigenvalue weighted by atomic mass is 32.1. The summed E-state index contributed by atoms with van der Waals surface area (Å²) >= 11 is 4.60. The van der Waals surface area contributed by atoms with Gasteiger partial charge in [0.15, 0.2) is 0 Å². The number of methoxy groups -OCH3 is 1. The van der Waals surface area contributed by atoms with Gasteiger partial charge < -0.3 is 4.74 Å². The van der Waals surface area contributed by atoms with Gasteiger partial charge >= 0.3 is 5.97 Å². The van der Waals surface area contributed by atoms with Crippen molar-refractivity contribution in [3.05, 3.63) is 12.2 Å². The van der Waals surface area contributed by atoms with Crippen LogP contribution in [0.1, 0.15) is 77.6 Å². The standard InChI is InChI=1S/C21H34O4S/c1-3-4-7-10-16(22)13-14-18-17(19(23)15-20(18)26)11-8-5-6-9-12-21(24)25-2/h5,8,17-18,20,26H,3-4,6-7,9-15H2,1-2H3/t17-,18?,20?/m1/s1. The number of hydrogen-bond acceptors (Lipinski definition) is 5. The predicted octanol–water partition coefficient (Wildman–Crippen LogP) is 4.71. The van der Waals surface area contributed by atoms with E-state index in [0.717, 1.165) is 38.5 Å². The van der Waals surface area contributed by atoms with Crippen LogP contribution in [-0.4, -0.2) is 29.9 Å². The zero-order valence-electron chi connectivity index (χ0n) is 16.2. The molecular formula is C21H34O4S. The highest BCUT2D eigenvalue weighted by molar-refractivity contribution is 7.81. The molecule has 0 amide bonds. The average Bonchev–Trinajstić information content (AvgIpc) is 2.89. The molecule has 1 fully saturated rings. The van der Waals surface area contributed by atoms with Crippen molar-refractivity contribution < 1.29 is 19.1 Å². The lowest BCUT2D eigenvalue weighted by Crippen LogP contribution is -2.19. The normalized spacial score (nSPS) is 22.9. The van der Waals surface area contributed by atoms with Crippen LogP contribution in [-0.2, 0) is 19.1 Å². The Morgan fingerprint density at radius 2 is 1.92 bits per heavy atom. The van der Waals surface area contributed by atoms with Gasteiger partial charge in [-0.1, -0.05) is 31.9 Å². The van der Waals surface area contributed by atoms with E-state index in [4.69, 9.17) is 0 Å². The van der Waals surface area contributed by atoms with Crippen LogP contribution in [0.15, 0.2) is 12.2 Å². The third-order valence-electron chi connectivity index (χ3n) is 5.19. The Balaban J connectivity index is 2.38. The number of rotatable bonds is 13. The van der Waals surface area contributed by atoms with E-state index in [1.54, 1.807) is 0 Å². The lowest BCUT2D eigenvalue weighted by molar-refractivity contribution is -0.140. The molecule has 26 heavy (non-hydrogen) atoms. The van der Waals surface area contributed by atoms with E-state index in [9.17, 15) is 14.4 Å². The quantitative estimate of drug-likeness (QED) is 0.217. The molecule has 1 aliphatic carbocycles. The molecule has 0 aromatic heterocycles. The number of hydrogen-bond donors (Lipinski definition) is 1. The van der Waals surface area contributed by atoms with Crippen LogP contribution < -0.4 is 0 Å². The third kappa shape index (κ3) is 8.52. The molecule has 0 aromatic rings. The topological polar surface area (TPSA) is 60.4 Å². The minimum Gasteiger partial charge on any atom is -0.469 e. The van der Waals surface area contributed by atoms with Crippen molar-refractivity contribution in [3.8, 4) is 0 Å². The van der Waals surface area contributed by atoms with Gasteiger partial charge in [0.05, 0.1) is 7.11 Å². The van der Waals surface area contributed by atoms with Crippen LogP contribution in [0.2, 0.25) is 0 Å². The molecule has 3 atom stereocenters. The molecular weight excluding hydrogens is 348 g/mol. The van der Waals surface area contributed by atoms with E-state index < -0.39 is 0 Å². The third-order valence-corrected chi connectivity index (χ3v) is 5.75. The van der Waals surface area contributed by atoms with Gasteiger partial charge in [-0.25, -0.2) is 0 Å². The fraction of sp³-hybridized carbons (Fsp3) is 0.762. The molecule has 1 rings (SSSR count). The number of ketones is 2. The first kappa shape index (κ1) is 22.9. The van der Waals surface area contributed by atoms with Crippen molar-refractivity contribution >= 4 is 30.2 Å². The number of ether oxygens (including phenoxy) is 1. The van der Waals surface area contributed by atoms with Crippen LogP contribution in [0.4, 0.5) is 0 Å². The monoisotopic (exact) mass is 382 g/mol. The molecule has 148 valence electrons. The summed E-state index contributed by atoms with van der Waals surface area (Å²) in [5.74, 6) is 0.576. The minimum absolute atomic E-state index is 0.0159. The molecule has 0 aliphatic heterocycles. The maximum atomic E-state index is 12.3. The second-order valence-corrected chi connectivity index (χ2v) is 7.88. The van der Waals surface area contributed by atoms with Crippen molar-refractivity contribution in [2.75, 3.05) is 7.11 Å². The highest BCUT2D eigenvalue weighted by Gasteiger charge is 2.39. The van der Waals surface area contributed by atoms with Crippen molar-refractivity contribution in [2.24, 2.45) is 11.8 Å². The van der Waals surface area contributed by atoms with Gasteiger partial charge in [0, 0.05) is 36.9 Å². The number of Topliss-reactive ketones (excluding diaryl/α,β-unsaturated/α-hetero) is 2. The molecule has 0 bridgehead atoms. The first-order valence-corrected chi connectivity index (χ1v) is 10.5. The molecule has 0 spiro atoms. The van der Waals surface area contributed by atoms with Gasteiger partial charge in [0.1, 0.15) is 11.6 Å². The maximum Gasteiger partial charge on any atom is 0.305 e. The number of carbonyl (C=O) groups is 3. The molecule has 5 heteroatoms. The summed E-state index contributed by atoms with van der Waals surface area (Å²) in [5.41, 5.74) is 0. The summed E-state index contributed by atoms with van der Waals surface area (Å²) in [6.45, 7) is 2.13. The van der Waals surface area contributed by atoms with E-state index in [2.05, 4.69) is 24.3 Å². The van der Waals surface area contributed by atoms with E-state index in [1.807, 2.05) is 12.2 Å². The van der Waals surface area contributed by atoms with Crippen LogP contribution >= 0.6 is 12.6 Å². The summed E-state index contributed by atoms with van der Waals surface area (Å²) in [6.07, 6.45) is 12.5. The zero-order valence-corrected chi connectivity index (χ0v) is 17.1. The van der Waals surface area contributed by atoms with E-state index in [1.165, 1.54) is 7.11 Å². The van der Waals surface area contributed by atoms with Crippen LogP contribution in [0, 0.1) is 11.8 Å². The van der Waals surface area contributed by atoms with Crippen molar-refractivity contribution in [2.45, 2.75) is 82.8 Å². The molecule has 0 N–H and O–H groups in total. The van der Waals surface area contributed by atoms with E-state index in [0.29, 0.717) is 37.9 Å². The van der Waals surface area contributed by atoms with Gasteiger partial charge in [-0.15, -0.1) is 0 Å². The second-order valence-electron chi connectivity index (χ2n) is 7.22. The SMILES string of the molecule is CCCCCC(=O)CCC1C(S)CC(=O)[C@@H]1CC=CCCCC(=O)OC. The average molecular weight is 383 g/mol. The Hall–Kier alpha value is -1.10. The molecule has 0 radical (unpaired) electrons. The lowest BCUT2D eigenvalue weighted by atomic mass is 9.87. The molecule has 1 aliphatic rings. The van der Waals surface area contributed by atoms with Crippen LogP contribution in [0.5, 0.6) is 0 Å². The molecule has 0 aromatic carbocycles. The van der Waals surface area contributed by atoms with E-state index >= 15 is 0 Å². The van der Waals surface area contributed by atoms with Crippen molar-refractivity contribution in [1.29, 1.82) is 0 Å². The van der Waals surface area contributed by atoms with Crippen molar-refractivity contribution in [1.82, 2.24) is 0 Å². The smallest absolute Gasteiger partial charge is 0.305 e. The first-order valence-electron chi connectivity index (χ1n) is 9.93. The van der Waals surface area contributed by atoms with Gasteiger partial charge in [-0.05, 0) is 38.0 Å². The molecule has 2 unspecified atom stereocenters. The summed E-state index contributed by atoms with van der Waals surface area (Å²) in [7, 11) is 1.40.